The minimum Gasteiger partial charge on any atom is -0.329 e. The maximum atomic E-state index is 13.3. The van der Waals surface area contributed by atoms with Crippen LogP contribution in [0.3, 0.4) is 0 Å². The number of carbonyl (C=O) groups is 1. The van der Waals surface area contributed by atoms with Crippen LogP contribution >= 0.6 is 0 Å². The summed E-state index contributed by atoms with van der Waals surface area (Å²) in [7, 11) is 0. The van der Waals surface area contributed by atoms with Crippen LogP contribution in [0.5, 0.6) is 0 Å². The van der Waals surface area contributed by atoms with Crippen LogP contribution in [0.2, 0.25) is 0 Å². The number of nitrogens with one attached hydrogen (secondary N) is 1. The summed E-state index contributed by atoms with van der Waals surface area (Å²) in [4.78, 5) is 17.9. The Labute approximate surface area is 323 Å². The number of amides is 2. The zero-order valence-corrected chi connectivity index (χ0v) is 30.8. The number of hydrogen-bond acceptors (Lipinski definition) is 1. The van der Waals surface area contributed by atoms with Crippen molar-refractivity contribution in [2.75, 3.05) is 0 Å². The minimum atomic E-state index is -0.281. The summed E-state index contributed by atoms with van der Waals surface area (Å²) in [5, 5.41) is 3.19. The van der Waals surface area contributed by atoms with E-state index in [-0.39, 0.29) is 12.1 Å². The van der Waals surface area contributed by atoms with Gasteiger partial charge in [-0.2, -0.15) is 4.99 Å². The van der Waals surface area contributed by atoms with E-state index in [0.29, 0.717) is 6.42 Å². The van der Waals surface area contributed by atoms with Crippen molar-refractivity contribution in [1.29, 1.82) is 0 Å². The predicted molar refractivity (Wildman–Crippen MR) is 230 cm³/mol. The van der Waals surface area contributed by atoms with Crippen LogP contribution in [0.4, 0.5) is 4.79 Å². The monoisotopic (exact) mass is 710 g/mol. The molecule has 6 aromatic carbocycles. The Kier molecular flexibility index (Phi) is 9.59. The molecule has 0 saturated carbocycles. The molecule has 2 amide bonds. The number of rotatable bonds is 8. The highest BCUT2D eigenvalue weighted by atomic mass is 16.2. The summed E-state index contributed by atoms with van der Waals surface area (Å²) in [5.41, 5.74) is 17.5. The minimum absolute atomic E-state index is 0.180. The van der Waals surface area contributed by atoms with Crippen LogP contribution in [0.25, 0.3) is 55.7 Å². The summed E-state index contributed by atoms with van der Waals surface area (Å²) < 4.78 is 0. The molecule has 6 aromatic rings. The second-order valence-electron chi connectivity index (χ2n) is 14.6. The standard InChI is InChI=1S/C52H42N2O/c55-52-53-50(42-25-13-23-40(27-42)48-31-44(36-15-5-1-6-16-36)29-45(32-48)37-17-7-2-8-18-37)35-51(54-52)43-26-14-24-41(28-43)49-33-46(38-19-9-3-10-20-38)30-47(34-49)39-21-11-4-12-22-39/h1-11,13,15-21,23-25,27-34,50H,12,14,22,26,35H2,(H,53,55). The van der Waals surface area contributed by atoms with Gasteiger partial charge in [0.25, 0.3) is 0 Å². The Hall–Kier alpha value is -6.58. The van der Waals surface area contributed by atoms with Crippen molar-refractivity contribution in [2.45, 2.75) is 38.1 Å². The van der Waals surface area contributed by atoms with Crippen LogP contribution < -0.4 is 5.32 Å². The van der Waals surface area contributed by atoms with E-state index >= 15 is 0 Å². The topological polar surface area (TPSA) is 41.5 Å². The number of urea groups is 1. The highest BCUT2D eigenvalue weighted by Gasteiger charge is 2.26. The number of carbonyl (C=O) groups excluding carboxylic acids is 1. The van der Waals surface area contributed by atoms with Crippen molar-refractivity contribution < 1.29 is 4.79 Å². The summed E-state index contributed by atoms with van der Waals surface area (Å²) >= 11 is 0. The summed E-state index contributed by atoms with van der Waals surface area (Å²) in [6.07, 6.45) is 15.8. The van der Waals surface area contributed by atoms with E-state index in [1.165, 1.54) is 55.7 Å². The molecular formula is C52H42N2O. The highest BCUT2D eigenvalue weighted by molar-refractivity contribution is 6.09. The van der Waals surface area contributed by atoms with Crippen LogP contribution in [-0.2, 0) is 0 Å². The number of hydrogen-bond donors (Lipinski definition) is 1. The second-order valence-corrected chi connectivity index (χ2v) is 14.6. The lowest BCUT2D eigenvalue weighted by Gasteiger charge is -2.26. The average Bonchev–Trinajstić information content (AvgIpc) is 3.27. The third kappa shape index (κ3) is 7.60. The Bertz CT molecular complexity index is 2480. The highest BCUT2D eigenvalue weighted by Crippen LogP contribution is 2.37. The zero-order valence-electron chi connectivity index (χ0n) is 30.8. The molecule has 3 heteroatoms. The molecule has 9 rings (SSSR count). The van der Waals surface area contributed by atoms with E-state index < -0.39 is 0 Å². The lowest BCUT2D eigenvalue weighted by Crippen LogP contribution is -2.34. The molecule has 0 bridgehead atoms. The van der Waals surface area contributed by atoms with Gasteiger partial charge in [-0.05, 0) is 152 Å². The molecular weight excluding hydrogens is 669 g/mol. The van der Waals surface area contributed by atoms with Gasteiger partial charge in [0.05, 0.1) is 11.8 Å². The third-order valence-electron chi connectivity index (χ3n) is 10.9. The lowest BCUT2D eigenvalue weighted by molar-refractivity contribution is 0.244. The SMILES string of the molecule is O=C1N=C(C2=CC(c3cc(C4=CC=CCC4)cc(-c4ccccc4)c3)=CCC2)CC(c2cccc(-c3cc(-c4ccccc4)cc(-c4ccccc4)c3)c2)N1. The molecule has 1 aliphatic heterocycles. The molecule has 1 N–H and O–H groups in total. The Morgan fingerprint density at radius 1 is 0.509 bits per heavy atom. The molecule has 1 unspecified atom stereocenters. The summed E-state index contributed by atoms with van der Waals surface area (Å²) in [5.74, 6) is 0. The maximum Gasteiger partial charge on any atom is 0.341 e. The third-order valence-corrected chi connectivity index (χ3v) is 10.9. The van der Waals surface area contributed by atoms with Crippen LogP contribution in [0, 0.1) is 0 Å². The number of allylic oxidation sites excluding steroid dienone is 8. The average molecular weight is 711 g/mol. The van der Waals surface area contributed by atoms with E-state index in [4.69, 9.17) is 0 Å². The summed E-state index contributed by atoms with van der Waals surface area (Å²) in [6, 6.07) is 53.7. The number of nitrogens with zero attached hydrogens (tertiary/aromatic N) is 1. The fourth-order valence-corrected chi connectivity index (χ4v) is 8.07. The van der Waals surface area contributed by atoms with Crippen molar-refractivity contribution in [3.8, 4) is 44.5 Å². The smallest absolute Gasteiger partial charge is 0.329 e. The van der Waals surface area contributed by atoms with E-state index in [2.05, 4.69) is 192 Å². The van der Waals surface area contributed by atoms with Crippen molar-refractivity contribution in [3.05, 3.63) is 204 Å². The van der Waals surface area contributed by atoms with E-state index in [0.717, 1.165) is 53.7 Å². The quantitative estimate of drug-likeness (QED) is 0.168. The van der Waals surface area contributed by atoms with Gasteiger partial charge in [-0.15, -0.1) is 0 Å². The van der Waals surface area contributed by atoms with E-state index in [1.807, 2.05) is 0 Å². The second kappa shape index (κ2) is 15.4. The van der Waals surface area contributed by atoms with E-state index in [1.54, 1.807) is 0 Å². The largest absolute Gasteiger partial charge is 0.341 e. The van der Waals surface area contributed by atoms with Crippen LogP contribution in [0.1, 0.15) is 54.8 Å². The van der Waals surface area contributed by atoms with Crippen molar-refractivity contribution in [1.82, 2.24) is 5.32 Å². The van der Waals surface area contributed by atoms with Crippen LogP contribution in [0.15, 0.2) is 193 Å². The molecule has 2 aliphatic carbocycles. The molecule has 1 atom stereocenters. The molecule has 55 heavy (non-hydrogen) atoms. The molecule has 0 aromatic heterocycles. The van der Waals surface area contributed by atoms with Gasteiger partial charge in [0, 0.05) is 6.42 Å². The van der Waals surface area contributed by atoms with Gasteiger partial charge in [-0.25, -0.2) is 4.79 Å². The molecule has 0 radical (unpaired) electrons. The van der Waals surface area contributed by atoms with Gasteiger partial charge >= 0.3 is 6.03 Å². The maximum absolute atomic E-state index is 13.3. The molecule has 3 aliphatic rings. The zero-order chi connectivity index (χ0) is 37.0. The Morgan fingerprint density at radius 3 is 1.67 bits per heavy atom. The first-order valence-corrected chi connectivity index (χ1v) is 19.4. The molecule has 1 heterocycles. The van der Waals surface area contributed by atoms with Gasteiger partial charge in [-0.1, -0.05) is 133 Å². The summed E-state index contributed by atoms with van der Waals surface area (Å²) in [6.45, 7) is 0. The van der Waals surface area contributed by atoms with Gasteiger partial charge in [0.2, 0.25) is 0 Å². The molecule has 0 fully saturated rings. The first-order chi connectivity index (χ1) is 27.1. The molecule has 266 valence electrons. The Balaban J connectivity index is 1.03. The predicted octanol–water partition coefficient (Wildman–Crippen LogP) is 13.5. The Morgan fingerprint density at radius 2 is 1.05 bits per heavy atom. The first-order valence-electron chi connectivity index (χ1n) is 19.4. The fourth-order valence-electron chi connectivity index (χ4n) is 8.07. The normalized spacial score (nSPS) is 16.7. The van der Waals surface area contributed by atoms with Gasteiger partial charge in [0.1, 0.15) is 0 Å². The molecule has 0 saturated heterocycles. The lowest BCUT2D eigenvalue weighted by atomic mass is 9.85. The van der Waals surface area contributed by atoms with E-state index in [9.17, 15) is 4.79 Å². The van der Waals surface area contributed by atoms with Gasteiger partial charge < -0.3 is 5.32 Å². The van der Waals surface area contributed by atoms with Gasteiger partial charge in [-0.3, -0.25) is 0 Å². The number of benzene rings is 6. The fraction of sp³-hybridized carbons (Fsp3) is 0.115. The van der Waals surface area contributed by atoms with Crippen LogP contribution in [-0.4, -0.2) is 11.7 Å². The van der Waals surface area contributed by atoms with Crippen molar-refractivity contribution in [3.63, 3.8) is 0 Å². The first kappa shape index (κ1) is 34.2. The number of aliphatic imine (C=N–C) groups is 1. The molecule has 0 spiro atoms. The van der Waals surface area contributed by atoms with Gasteiger partial charge in [0.15, 0.2) is 0 Å². The molecule has 3 nitrogen and oxygen atoms in total. The van der Waals surface area contributed by atoms with Crippen molar-refractivity contribution in [2.24, 2.45) is 4.99 Å². The van der Waals surface area contributed by atoms with Crippen molar-refractivity contribution >= 4 is 22.9 Å².